The number of hydrogen-bond acceptors (Lipinski definition) is 4. The summed E-state index contributed by atoms with van der Waals surface area (Å²) in [5.74, 6) is -1.44. The number of amides is 4. The number of imide groups is 1. The van der Waals surface area contributed by atoms with Crippen molar-refractivity contribution in [2.24, 2.45) is 0 Å². The highest BCUT2D eigenvalue weighted by molar-refractivity contribution is 6.30. The maximum Gasteiger partial charge on any atom is 0.333 e. The van der Waals surface area contributed by atoms with Crippen LogP contribution >= 0.6 is 11.6 Å². The van der Waals surface area contributed by atoms with Crippen LogP contribution in [0.2, 0.25) is 5.02 Å². The number of benzene rings is 2. The maximum absolute atomic E-state index is 13.4. The fourth-order valence-electron chi connectivity index (χ4n) is 3.57. The summed E-state index contributed by atoms with van der Waals surface area (Å²) in [7, 11) is 0. The van der Waals surface area contributed by atoms with Crippen molar-refractivity contribution in [3.63, 3.8) is 0 Å². The highest BCUT2D eigenvalue weighted by Crippen LogP contribution is 2.29. The summed E-state index contributed by atoms with van der Waals surface area (Å²) in [4.78, 5) is 37.5. The topological polar surface area (TPSA) is 105 Å². The van der Waals surface area contributed by atoms with Gasteiger partial charge >= 0.3 is 12.6 Å². The van der Waals surface area contributed by atoms with Gasteiger partial charge in [-0.3, -0.25) is 14.9 Å². The van der Waals surface area contributed by atoms with Gasteiger partial charge in [-0.25, -0.2) is 9.48 Å². The first-order chi connectivity index (χ1) is 15.3. The van der Waals surface area contributed by atoms with E-state index in [2.05, 4.69) is 15.7 Å². The molecule has 164 valence electrons. The summed E-state index contributed by atoms with van der Waals surface area (Å²) in [5, 5.41) is 11.0. The van der Waals surface area contributed by atoms with E-state index in [-0.39, 0.29) is 11.3 Å². The van der Waals surface area contributed by atoms with Crippen LogP contribution in [0.25, 0.3) is 11.1 Å². The van der Waals surface area contributed by atoms with E-state index >= 15 is 0 Å². The minimum Gasteiger partial charge on any atom is -0.349 e. The minimum atomic E-state index is -3.05. The number of halogens is 3. The van der Waals surface area contributed by atoms with E-state index in [9.17, 15) is 23.2 Å². The SMILES string of the molecule is O=C1NC(=O)C(CNC(=O)c2ccccc2-c2ccc(Cl)cc2)(c2ccnn2C(F)F)N1. The molecule has 3 N–H and O–H groups in total. The average Bonchev–Trinajstić information content (AvgIpc) is 3.37. The molecule has 1 saturated heterocycles. The molecule has 1 unspecified atom stereocenters. The van der Waals surface area contributed by atoms with E-state index in [4.69, 9.17) is 11.6 Å². The number of nitrogens with zero attached hydrogens (tertiary/aromatic N) is 2. The van der Waals surface area contributed by atoms with Crippen molar-refractivity contribution in [3.05, 3.63) is 77.1 Å². The summed E-state index contributed by atoms with van der Waals surface area (Å²) >= 11 is 5.94. The molecule has 3 aromatic rings. The van der Waals surface area contributed by atoms with Gasteiger partial charge < -0.3 is 10.6 Å². The lowest BCUT2D eigenvalue weighted by Gasteiger charge is -2.27. The van der Waals surface area contributed by atoms with Crippen LogP contribution in [0, 0.1) is 0 Å². The Morgan fingerprint density at radius 2 is 1.84 bits per heavy atom. The molecule has 1 aromatic heterocycles. The Kier molecular flexibility index (Phi) is 5.62. The lowest BCUT2D eigenvalue weighted by Crippen LogP contribution is -2.53. The largest absolute Gasteiger partial charge is 0.349 e. The van der Waals surface area contributed by atoms with E-state index in [1.165, 1.54) is 6.07 Å². The fraction of sp³-hybridized carbons (Fsp3) is 0.143. The van der Waals surface area contributed by atoms with Gasteiger partial charge in [0.05, 0.1) is 12.2 Å². The van der Waals surface area contributed by atoms with E-state index in [1.807, 2.05) is 5.32 Å². The third-order valence-corrected chi connectivity index (χ3v) is 5.33. The molecule has 11 heteroatoms. The van der Waals surface area contributed by atoms with E-state index in [0.29, 0.717) is 15.3 Å². The second kappa shape index (κ2) is 8.39. The summed E-state index contributed by atoms with van der Waals surface area (Å²) in [5.41, 5.74) is -0.584. The zero-order chi connectivity index (χ0) is 22.9. The molecule has 1 aliphatic heterocycles. The van der Waals surface area contributed by atoms with Crippen LogP contribution in [-0.2, 0) is 10.3 Å². The zero-order valence-corrected chi connectivity index (χ0v) is 17.1. The maximum atomic E-state index is 13.4. The van der Waals surface area contributed by atoms with Gasteiger partial charge in [-0.1, -0.05) is 41.9 Å². The van der Waals surface area contributed by atoms with Gasteiger partial charge in [0.2, 0.25) is 0 Å². The molecule has 1 aliphatic rings. The molecule has 8 nitrogen and oxygen atoms in total. The molecule has 0 aliphatic carbocycles. The standard InChI is InChI=1S/C21H16ClF2N5O3/c22-13-7-5-12(6-8-13)14-3-1-2-4-15(14)17(30)25-11-21(18(31)27-20(32)28-21)16-9-10-26-29(16)19(23)24/h1-10,19H,11H2,(H,25,30)(H2,27,28,31,32). The molecule has 1 atom stereocenters. The van der Waals surface area contributed by atoms with Crippen molar-refractivity contribution in [2.45, 2.75) is 12.1 Å². The molecule has 0 saturated carbocycles. The predicted molar refractivity (Wildman–Crippen MR) is 111 cm³/mol. The third-order valence-electron chi connectivity index (χ3n) is 5.08. The van der Waals surface area contributed by atoms with E-state index in [1.54, 1.807) is 48.5 Å². The fourth-order valence-corrected chi connectivity index (χ4v) is 3.69. The quantitative estimate of drug-likeness (QED) is 0.493. The Labute approximate surface area is 185 Å². The number of carbonyl (C=O) groups is 3. The van der Waals surface area contributed by atoms with Crippen LogP contribution in [0.15, 0.2) is 60.8 Å². The normalized spacial score (nSPS) is 17.9. The Morgan fingerprint density at radius 3 is 2.50 bits per heavy atom. The number of hydrogen-bond donors (Lipinski definition) is 3. The molecule has 0 spiro atoms. The first-order valence-corrected chi connectivity index (χ1v) is 9.78. The number of nitrogens with one attached hydrogen (secondary N) is 3. The van der Waals surface area contributed by atoms with E-state index < -0.39 is 36.5 Å². The Hall–Kier alpha value is -3.79. The van der Waals surface area contributed by atoms with Gasteiger partial charge in [0, 0.05) is 16.8 Å². The number of aromatic nitrogens is 2. The second-order valence-corrected chi connectivity index (χ2v) is 7.42. The minimum absolute atomic E-state index is 0.262. The molecule has 4 amide bonds. The lowest BCUT2D eigenvalue weighted by molar-refractivity contribution is -0.124. The van der Waals surface area contributed by atoms with Crippen molar-refractivity contribution in [2.75, 3.05) is 6.54 Å². The van der Waals surface area contributed by atoms with Crippen LogP contribution in [0.3, 0.4) is 0 Å². The lowest BCUT2D eigenvalue weighted by atomic mass is 9.94. The van der Waals surface area contributed by atoms with Crippen LogP contribution in [-0.4, -0.2) is 34.2 Å². The smallest absolute Gasteiger partial charge is 0.333 e. The van der Waals surface area contributed by atoms with Gasteiger partial charge in [0.25, 0.3) is 11.8 Å². The number of alkyl halides is 2. The van der Waals surface area contributed by atoms with Crippen molar-refractivity contribution in [1.82, 2.24) is 25.7 Å². The highest BCUT2D eigenvalue weighted by Gasteiger charge is 2.50. The molecule has 4 rings (SSSR count). The Bertz CT molecular complexity index is 1200. The van der Waals surface area contributed by atoms with Crippen molar-refractivity contribution < 1.29 is 23.2 Å². The van der Waals surface area contributed by atoms with Gasteiger partial charge in [-0.15, -0.1) is 0 Å². The van der Waals surface area contributed by atoms with Crippen LogP contribution in [0.5, 0.6) is 0 Å². The van der Waals surface area contributed by atoms with Crippen LogP contribution in [0.4, 0.5) is 13.6 Å². The highest BCUT2D eigenvalue weighted by atomic mass is 35.5. The first kappa shape index (κ1) is 21.4. The Morgan fingerprint density at radius 1 is 1.12 bits per heavy atom. The molecule has 0 radical (unpaired) electrons. The average molecular weight is 460 g/mol. The molecule has 2 heterocycles. The number of urea groups is 1. The van der Waals surface area contributed by atoms with Gasteiger partial charge in [-0.2, -0.15) is 13.9 Å². The molecule has 32 heavy (non-hydrogen) atoms. The molecular formula is C21H16ClF2N5O3. The van der Waals surface area contributed by atoms with Crippen LogP contribution in [0.1, 0.15) is 22.6 Å². The van der Waals surface area contributed by atoms with E-state index in [0.717, 1.165) is 11.8 Å². The zero-order valence-electron chi connectivity index (χ0n) is 16.3. The second-order valence-electron chi connectivity index (χ2n) is 6.99. The summed E-state index contributed by atoms with van der Waals surface area (Å²) in [6.45, 7) is -3.53. The van der Waals surface area contributed by atoms with Crippen LogP contribution < -0.4 is 16.0 Å². The first-order valence-electron chi connectivity index (χ1n) is 9.41. The molecule has 2 aromatic carbocycles. The van der Waals surface area contributed by atoms with Gasteiger partial charge in [-0.05, 0) is 35.4 Å². The monoisotopic (exact) mass is 459 g/mol. The van der Waals surface area contributed by atoms with Crippen molar-refractivity contribution >= 4 is 29.4 Å². The number of carbonyl (C=O) groups excluding carboxylic acids is 3. The predicted octanol–water partition coefficient (Wildman–Crippen LogP) is 3.06. The summed E-state index contributed by atoms with van der Waals surface area (Å²) in [6, 6.07) is 13.9. The number of rotatable bonds is 6. The molecule has 1 fully saturated rings. The van der Waals surface area contributed by atoms with Crippen molar-refractivity contribution in [1.29, 1.82) is 0 Å². The van der Waals surface area contributed by atoms with Gasteiger partial charge in [0.15, 0.2) is 5.54 Å². The van der Waals surface area contributed by atoms with Crippen molar-refractivity contribution in [3.8, 4) is 11.1 Å². The molecular weight excluding hydrogens is 444 g/mol. The Balaban J connectivity index is 1.65. The summed E-state index contributed by atoms with van der Waals surface area (Å²) < 4.78 is 27.1. The third kappa shape index (κ3) is 3.80. The summed E-state index contributed by atoms with van der Waals surface area (Å²) in [6.07, 6.45) is 1.08. The molecule has 0 bridgehead atoms. The van der Waals surface area contributed by atoms with Gasteiger partial charge in [0.1, 0.15) is 0 Å².